The first kappa shape index (κ1) is 25.8. The molecule has 0 saturated carbocycles. The van der Waals surface area contributed by atoms with Crippen LogP contribution in [0.3, 0.4) is 0 Å². The van der Waals surface area contributed by atoms with Crippen molar-refractivity contribution >= 4 is 17.1 Å². The van der Waals surface area contributed by atoms with E-state index < -0.39 is 0 Å². The summed E-state index contributed by atoms with van der Waals surface area (Å²) in [4.78, 5) is 2.43. The maximum Gasteiger partial charge on any atom is 0.0726 e. The number of hydrogen-bond acceptors (Lipinski definition) is 1. The molecule has 0 fully saturated rings. The van der Waals surface area contributed by atoms with Gasteiger partial charge in [-0.15, -0.1) is 0 Å². The number of hydrogen-bond donors (Lipinski definition) is 0. The quantitative estimate of drug-likeness (QED) is 0.202. The Morgan fingerprint density at radius 3 is 1.71 bits per heavy atom. The van der Waals surface area contributed by atoms with E-state index in [1.54, 1.807) is 0 Å². The van der Waals surface area contributed by atoms with Gasteiger partial charge in [0.05, 0.1) is 11.1 Å². The lowest BCUT2D eigenvalue weighted by atomic mass is 9.70. The van der Waals surface area contributed by atoms with Crippen molar-refractivity contribution in [3.63, 3.8) is 0 Å². The van der Waals surface area contributed by atoms with Crippen molar-refractivity contribution in [1.82, 2.24) is 0 Å². The maximum absolute atomic E-state index is 2.43. The molecule has 2 aliphatic carbocycles. The molecule has 7 aromatic rings. The van der Waals surface area contributed by atoms with Gasteiger partial charge in [-0.2, -0.15) is 0 Å². The van der Waals surface area contributed by atoms with Crippen LogP contribution in [0.5, 0.6) is 0 Å². The first-order valence-electron chi connectivity index (χ1n) is 15.7. The van der Waals surface area contributed by atoms with Crippen LogP contribution in [-0.4, -0.2) is 0 Å². The fourth-order valence-electron chi connectivity index (χ4n) is 7.91. The fraction of sp³-hybridized carbons (Fsp3) is 0.0455. The highest BCUT2D eigenvalue weighted by molar-refractivity contribution is 6.01. The van der Waals surface area contributed by atoms with Crippen molar-refractivity contribution in [3.8, 4) is 33.4 Å². The van der Waals surface area contributed by atoms with Crippen LogP contribution in [0.25, 0.3) is 33.4 Å². The molecular formula is C44H31N. The van der Waals surface area contributed by atoms with Gasteiger partial charge < -0.3 is 4.90 Å². The molecule has 0 aliphatic heterocycles. The van der Waals surface area contributed by atoms with E-state index >= 15 is 0 Å². The standard InChI is InChI=1S/C44H31N/c1-30-23-28-40-37(29-30)35-17-8-10-19-38(35)44(40)39-20-11-9-18-36(39)43-41(44)21-12-22-42(43)45(33-15-6-3-7-16-33)34-26-24-32(25-27-34)31-13-4-2-5-14-31/h2-29H,1H3. The summed E-state index contributed by atoms with van der Waals surface area (Å²) in [6, 6.07) is 62.4. The van der Waals surface area contributed by atoms with Crippen molar-refractivity contribution in [3.05, 3.63) is 198 Å². The van der Waals surface area contributed by atoms with Crippen molar-refractivity contribution in [2.45, 2.75) is 12.3 Å². The number of benzene rings is 7. The van der Waals surface area contributed by atoms with E-state index in [-0.39, 0.29) is 5.41 Å². The Bertz CT molecular complexity index is 2210. The molecule has 0 saturated heterocycles. The molecule has 1 heteroatoms. The largest absolute Gasteiger partial charge is 0.310 e. The van der Waals surface area contributed by atoms with Crippen LogP contribution in [-0.2, 0) is 5.41 Å². The van der Waals surface area contributed by atoms with Gasteiger partial charge in [0.15, 0.2) is 0 Å². The third-order valence-electron chi connectivity index (χ3n) is 9.74. The summed E-state index contributed by atoms with van der Waals surface area (Å²) >= 11 is 0. The van der Waals surface area contributed by atoms with E-state index in [1.807, 2.05) is 0 Å². The first-order chi connectivity index (χ1) is 22.2. The van der Waals surface area contributed by atoms with Crippen molar-refractivity contribution < 1.29 is 0 Å². The Balaban J connectivity index is 1.32. The minimum atomic E-state index is -0.374. The smallest absolute Gasteiger partial charge is 0.0726 e. The van der Waals surface area contributed by atoms with Gasteiger partial charge in [0.1, 0.15) is 0 Å². The van der Waals surface area contributed by atoms with Crippen molar-refractivity contribution in [2.75, 3.05) is 4.90 Å². The minimum absolute atomic E-state index is 0.374. The zero-order valence-corrected chi connectivity index (χ0v) is 25.1. The Kier molecular flexibility index (Phi) is 5.70. The highest BCUT2D eigenvalue weighted by atomic mass is 15.1. The van der Waals surface area contributed by atoms with Crippen LogP contribution < -0.4 is 4.90 Å². The van der Waals surface area contributed by atoms with Crippen LogP contribution >= 0.6 is 0 Å². The summed E-state index contributed by atoms with van der Waals surface area (Å²) in [7, 11) is 0. The highest BCUT2D eigenvalue weighted by Crippen LogP contribution is 2.64. The first-order valence-corrected chi connectivity index (χ1v) is 15.7. The molecule has 212 valence electrons. The molecule has 0 heterocycles. The number of para-hydroxylation sites is 1. The summed E-state index contributed by atoms with van der Waals surface area (Å²) in [6.45, 7) is 2.20. The molecule has 0 N–H and O–H groups in total. The number of fused-ring (bicyclic) bond motifs is 10. The molecule has 7 aromatic carbocycles. The summed E-state index contributed by atoms with van der Waals surface area (Å²) in [5.41, 5.74) is 17.5. The van der Waals surface area contributed by atoms with Crippen LogP contribution in [0.15, 0.2) is 170 Å². The Morgan fingerprint density at radius 1 is 0.400 bits per heavy atom. The molecule has 9 rings (SSSR count). The molecule has 0 bridgehead atoms. The third kappa shape index (κ3) is 3.68. The van der Waals surface area contributed by atoms with Crippen molar-refractivity contribution in [2.24, 2.45) is 0 Å². The van der Waals surface area contributed by atoms with E-state index in [9.17, 15) is 0 Å². The zero-order valence-electron chi connectivity index (χ0n) is 25.1. The monoisotopic (exact) mass is 573 g/mol. The SMILES string of the molecule is Cc1ccc2c(c1)-c1ccccc1C21c2ccccc2-c2c(N(c3ccccc3)c3ccc(-c4ccccc4)cc3)cccc21. The molecule has 45 heavy (non-hydrogen) atoms. The lowest BCUT2D eigenvalue weighted by molar-refractivity contribution is 0.793. The molecule has 0 aromatic heterocycles. The summed E-state index contributed by atoms with van der Waals surface area (Å²) in [6.07, 6.45) is 0. The highest BCUT2D eigenvalue weighted by Gasteiger charge is 2.52. The third-order valence-corrected chi connectivity index (χ3v) is 9.74. The molecule has 0 amide bonds. The second-order valence-electron chi connectivity index (χ2n) is 12.2. The van der Waals surface area contributed by atoms with Gasteiger partial charge in [-0.25, -0.2) is 0 Å². The minimum Gasteiger partial charge on any atom is -0.310 e. The molecule has 1 unspecified atom stereocenters. The van der Waals surface area contributed by atoms with Crippen LogP contribution in [0.1, 0.15) is 27.8 Å². The Labute approximate surface area is 264 Å². The topological polar surface area (TPSA) is 3.24 Å². The normalized spacial score (nSPS) is 15.3. The van der Waals surface area contributed by atoms with Crippen LogP contribution in [0.4, 0.5) is 17.1 Å². The summed E-state index contributed by atoms with van der Waals surface area (Å²) in [5, 5.41) is 0. The number of anilines is 3. The van der Waals surface area contributed by atoms with Gasteiger partial charge in [-0.3, -0.25) is 0 Å². The lowest BCUT2D eigenvalue weighted by Gasteiger charge is -2.32. The van der Waals surface area contributed by atoms with Crippen LogP contribution in [0.2, 0.25) is 0 Å². The molecule has 1 nitrogen and oxygen atoms in total. The molecule has 2 aliphatic rings. The maximum atomic E-state index is 2.43. The second-order valence-corrected chi connectivity index (χ2v) is 12.2. The predicted octanol–water partition coefficient (Wildman–Crippen LogP) is 11.5. The van der Waals surface area contributed by atoms with Gasteiger partial charge in [0.25, 0.3) is 0 Å². The van der Waals surface area contributed by atoms with E-state index in [1.165, 1.54) is 66.9 Å². The van der Waals surface area contributed by atoms with E-state index in [2.05, 4.69) is 182 Å². The van der Waals surface area contributed by atoms with Gasteiger partial charge in [0, 0.05) is 16.9 Å². The van der Waals surface area contributed by atoms with E-state index in [0.717, 1.165) is 11.4 Å². The van der Waals surface area contributed by atoms with Crippen molar-refractivity contribution in [1.29, 1.82) is 0 Å². The van der Waals surface area contributed by atoms with Crippen LogP contribution in [0, 0.1) is 6.92 Å². The Hall–Kier alpha value is -5.66. The fourth-order valence-corrected chi connectivity index (χ4v) is 7.91. The van der Waals surface area contributed by atoms with E-state index in [0.29, 0.717) is 0 Å². The van der Waals surface area contributed by atoms with Gasteiger partial charge >= 0.3 is 0 Å². The average molecular weight is 574 g/mol. The van der Waals surface area contributed by atoms with Gasteiger partial charge in [-0.1, -0.05) is 145 Å². The van der Waals surface area contributed by atoms with E-state index in [4.69, 9.17) is 0 Å². The summed E-state index contributed by atoms with van der Waals surface area (Å²) in [5.74, 6) is 0. The molecule has 1 atom stereocenters. The second kappa shape index (κ2) is 9.94. The molecular weight excluding hydrogens is 542 g/mol. The average Bonchev–Trinajstić information content (AvgIpc) is 3.57. The number of rotatable bonds is 4. The Morgan fingerprint density at radius 2 is 0.956 bits per heavy atom. The molecule has 1 spiro atoms. The van der Waals surface area contributed by atoms with Gasteiger partial charge in [0.2, 0.25) is 0 Å². The summed E-state index contributed by atoms with van der Waals surface area (Å²) < 4.78 is 0. The molecule has 0 radical (unpaired) electrons. The number of aryl methyl sites for hydroxylation is 1. The van der Waals surface area contributed by atoms with Gasteiger partial charge in [-0.05, 0) is 87.3 Å². The predicted molar refractivity (Wildman–Crippen MR) is 188 cm³/mol. The zero-order chi connectivity index (χ0) is 30.0. The lowest BCUT2D eigenvalue weighted by Crippen LogP contribution is -2.26. The number of nitrogens with zero attached hydrogens (tertiary/aromatic N) is 1.